The van der Waals surface area contributed by atoms with Crippen LogP contribution in [0.1, 0.15) is 6.42 Å². The van der Waals surface area contributed by atoms with Crippen LogP contribution in [0.3, 0.4) is 0 Å². The Hall–Kier alpha value is -1.69. The van der Waals surface area contributed by atoms with Crippen LogP contribution in [0, 0.1) is 5.41 Å². The summed E-state index contributed by atoms with van der Waals surface area (Å²) in [4.78, 5) is 25.4. The van der Waals surface area contributed by atoms with Gasteiger partial charge >= 0.3 is 5.97 Å². The lowest BCUT2D eigenvalue weighted by Gasteiger charge is -2.22. The van der Waals surface area contributed by atoms with E-state index in [4.69, 9.17) is 10.3 Å². The van der Waals surface area contributed by atoms with Crippen molar-refractivity contribution >= 4 is 18.1 Å². The van der Waals surface area contributed by atoms with Crippen LogP contribution < -0.4 is 5.48 Å². The summed E-state index contributed by atoms with van der Waals surface area (Å²) in [6.45, 7) is 0. The molecule has 0 aromatic heterocycles. The summed E-state index contributed by atoms with van der Waals surface area (Å²) in [7, 11) is 0. The van der Waals surface area contributed by atoms with Crippen molar-refractivity contribution in [3.05, 3.63) is 12.3 Å². The predicted octanol–water partition coefficient (Wildman–Crippen LogP) is -0.449. The largest absolute Gasteiger partial charge is 0.480 e. The van der Waals surface area contributed by atoms with Crippen molar-refractivity contribution < 1.29 is 19.9 Å². The first-order valence-electron chi connectivity index (χ1n) is 3.51. The van der Waals surface area contributed by atoms with Gasteiger partial charge in [0.15, 0.2) is 5.41 Å². The maximum Gasteiger partial charge on any atom is 0.325 e. The van der Waals surface area contributed by atoms with Crippen molar-refractivity contribution in [3.63, 3.8) is 0 Å². The number of aliphatic carboxylic acids is 1. The van der Waals surface area contributed by atoms with E-state index in [2.05, 4.69) is 4.99 Å². The first kappa shape index (κ1) is 9.40. The maximum atomic E-state index is 11.1. The van der Waals surface area contributed by atoms with Crippen molar-refractivity contribution in [1.29, 1.82) is 0 Å². The highest BCUT2D eigenvalue weighted by molar-refractivity contribution is 6.16. The first-order valence-corrected chi connectivity index (χ1v) is 3.51. The number of nitrogens with zero attached hydrogens (tertiary/aromatic N) is 1. The zero-order valence-corrected chi connectivity index (χ0v) is 6.60. The topological polar surface area (TPSA) is 99.0 Å². The summed E-state index contributed by atoms with van der Waals surface area (Å²) < 4.78 is 0. The van der Waals surface area contributed by atoms with Gasteiger partial charge in [0.2, 0.25) is 0 Å². The molecule has 1 aliphatic rings. The number of allylic oxidation sites excluding steroid dienone is 1. The van der Waals surface area contributed by atoms with Gasteiger partial charge in [0.1, 0.15) is 0 Å². The average molecular weight is 184 g/mol. The highest BCUT2D eigenvalue weighted by Gasteiger charge is 2.44. The number of carbonyl (C=O) groups excluding carboxylic acids is 1. The summed E-state index contributed by atoms with van der Waals surface area (Å²) in [6, 6.07) is 0. The van der Waals surface area contributed by atoms with Gasteiger partial charge in [-0.2, -0.15) is 0 Å². The van der Waals surface area contributed by atoms with Crippen LogP contribution in [0.15, 0.2) is 17.3 Å². The van der Waals surface area contributed by atoms with E-state index in [0.29, 0.717) is 0 Å². The zero-order chi connectivity index (χ0) is 9.90. The third kappa shape index (κ3) is 1.43. The molecule has 3 N–H and O–H groups in total. The molecule has 6 heteroatoms. The normalized spacial score (nSPS) is 25.6. The molecule has 1 heterocycles. The molecule has 6 nitrogen and oxygen atoms in total. The first-order chi connectivity index (χ1) is 6.13. The standard InChI is InChI=1S/C7H8N2O4/c10-5(9-13)7(6(11)12)2-1-3-8-4-7/h1,3-4,13H,2H2,(H,9,10)(H,11,12)/t7-/m0/s1. The Labute approximate surface area is 73.5 Å². The van der Waals surface area contributed by atoms with Gasteiger partial charge in [-0.05, 0) is 6.42 Å². The van der Waals surface area contributed by atoms with Crippen molar-refractivity contribution in [3.8, 4) is 0 Å². The van der Waals surface area contributed by atoms with E-state index in [1.807, 2.05) is 0 Å². The number of hydroxylamine groups is 1. The molecule has 70 valence electrons. The quantitative estimate of drug-likeness (QED) is 0.307. The smallest absolute Gasteiger partial charge is 0.325 e. The van der Waals surface area contributed by atoms with Gasteiger partial charge in [0, 0.05) is 12.4 Å². The van der Waals surface area contributed by atoms with Crippen LogP contribution >= 0.6 is 0 Å². The summed E-state index contributed by atoms with van der Waals surface area (Å²) in [5.41, 5.74) is -0.462. The van der Waals surface area contributed by atoms with E-state index in [1.165, 1.54) is 17.8 Å². The van der Waals surface area contributed by atoms with E-state index in [1.54, 1.807) is 0 Å². The summed E-state index contributed by atoms with van der Waals surface area (Å²) in [5, 5.41) is 17.1. The predicted molar refractivity (Wildman–Crippen MR) is 42.2 cm³/mol. The van der Waals surface area contributed by atoms with Crippen molar-refractivity contribution in [2.45, 2.75) is 6.42 Å². The van der Waals surface area contributed by atoms with Gasteiger partial charge in [0.05, 0.1) is 0 Å². The Morgan fingerprint density at radius 1 is 1.54 bits per heavy atom. The van der Waals surface area contributed by atoms with Crippen LogP contribution in [0.4, 0.5) is 0 Å². The summed E-state index contributed by atoms with van der Waals surface area (Å²) in [5.74, 6) is -2.33. The lowest BCUT2D eigenvalue weighted by Crippen LogP contribution is -2.47. The molecule has 0 aromatic rings. The molecule has 0 saturated carbocycles. The number of carboxylic acid groups (broad SMARTS) is 1. The minimum atomic E-state index is -1.77. The Kier molecular flexibility index (Phi) is 2.43. The zero-order valence-electron chi connectivity index (χ0n) is 6.60. The molecular weight excluding hydrogens is 176 g/mol. The summed E-state index contributed by atoms with van der Waals surface area (Å²) >= 11 is 0. The van der Waals surface area contributed by atoms with Gasteiger partial charge in [-0.15, -0.1) is 0 Å². The van der Waals surface area contributed by atoms with Gasteiger partial charge in [0.25, 0.3) is 5.91 Å². The van der Waals surface area contributed by atoms with E-state index in [9.17, 15) is 9.59 Å². The second-order valence-corrected chi connectivity index (χ2v) is 2.58. The fraction of sp³-hybridized carbons (Fsp3) is 0.286. The average Bonchev–Trinajstić information content (AvgIpc) is 2.17. The number of nitrogens with one attached hydrogen (secondary N) is 1. The Morgan fingerprint density at radius 3 is 2.62 bits per heavy atom. The third-order valence-electron chi connectivity index (χ3n) is 1.81. The molecule has 0 fully saturated rings. The maximum absolute atomic E-state index is 11.1. The fourth-order valence-corrected chi connectivity index (χ4v) is 1.01. The highest BCUT2D eigenvalue weighted by Crippen LogP contribution is 2.23. The highest BCUT2D eigenvalue weighted by atomic mass is 16.5. The number of carbonyl (C=O) groups is 2. The number of rotatable bonds is 2. The van der Waals surface area contributed by atoms with Crippen molar-refractivity contribution in [1.82, 2.24) is 5.48 Å². The molecule has 1 amide bonds. The molecular formula is C7H8N2O4. The number of hydrogen-bond acceptors (Lipinski definition) is 4. The van der Waals surface area contributed by atoms with Gasteiger partial charge in [-0.25, -0.2) is 5.48 Å². The molecule has 1 aliphatic heterocycles. The van der Waals surface area contributed by atoms with E-state index >= 15 is 0 Å². The molecule has 0 bridgehead atoms. The monoisotopic (exact) mass is 184 g/mol. The molecule has 0 unspecified atom stereocenters. The lowest BCUT2D eigenvalue weighted by atomic mass is 9.84. The second kappa shape index (κ2) is 3.36. The number of carboxylic acids is 1. The number of aliphatic imine (C=N–C) groups is 1. The number of amides is 1. The molecule has 0 radical (unpaired) electrons. The fourth-order valence-electron chi connectivity index (χ4n) is 1.01. The molecule has 13 heavy (non-hydrogen) atoms. The van der Waals surface area contributed by atoms with Crippen LogP contribution in [0.25, 0.3) is 0 Å². The minimum absolute atomic E-state index is 0.0156. The molecule has 1 rings (SSSR count). The van der Waals surface area contributed by atoms with Gasteiger partial charge < -0.3 is 5.11 Å². The van der Waals surface area contributed by atoms with E-state index < -0.39 is 17.3 Å². The van der Waals surface area contributed by atoms with Crippen molar-refractivity contribution in [2.75, 3.05) is 0 Å². The molecule has 0 aliphatic carbocycles. The molecule has 1 atom stereocenters. The minimum Gasteiger partial charge on any atom is -0.480 e. The van der Waals surface area contributed by atoms with E-state index in [-0.39, 0.29) is 6.42 Å². The SMILES string of the molecule is O=C(O)[C@]1(C(=O)NO)C=NC=CC1. The Bertz CT molecular complexity index is 297. The van der Waals surface area contributed by atoms with Crippen LogP contribution in [-0.4, -0.2) is 28.4 Å². The van der Waals surface area contributed by atoms with Gasteiger partial charge in [-0.3, -0.25) is 19.8 Å². The second-order valence-electron chi connectivity index (χ2n) is 2.58. The molecule has 0 aromatic carbocycles. The van der Waals surface area contributed by atoms with Gasteiger partial charge in [-0.1, -0.05) is 6.08 Å². The Morgan fingerprint density at radius 2 is 2.23 bits per heavy atom. The molecule has 0 spiro atoms. The third-order valence-corrected chi connectivity index (χ3v) is 1.81. The van der Waals surface area contributed by atoms with Crippen LogP contribution in [-0.2, 0) is 9.59 Å². The van der Waals surface area contributed by atoms with E-state index in [0.717, 1.165) is 6.21 Å². The van der Waals surface area contributed by atoms with Crippen LogP contribution in [0.5, 0.6) is 0 Å². The Balaban J connectivity index is 3.02. The number of hydrogen-bond donors (Lipinski definition) is 3. The molecule has 0 saturated heterocycles. The lowest BCUT2D eigenvalue weighted by molar-refractivity contribution is -0.153. The van der Waals surface area contributed by atoms with Crippen LogP contribution in [0.2, 0.25) is 0 Å². The van der Waals surface area contributed by atoms with Crippen molar-refractivity contribution in [2.24, 2.45) is 10.4 Å². The summed E-state index contributed by atoms with van der Waals surface area (Å²) in [6.07, 6.45) is 3.83.